The van der Waals surface area contributed by atoms with E-state index in [1.165, 1.54) is 0 Å². The molecule has 1 aromatic carbocycles. The summed E-state index contributed by atoms with van der Waals surface area (Å²) in [6, 6.07) is 7.03. The topological polar surface area (TPSA) is 81.0 Å². The highest BCUT2D eigenvalue weighted by molar-refractivity contribution is 6.38. The summed E-state index contributed by atoms with van der Waals surface area (Å²) in [6.07, 6.45) is -0.856. The third kappa shape index (κ3) is 2.75. The van der Waals surface area contributed by atoms with E-state index >= 15 is 0 Å². The molecule has 7 heteroatoms. The third-order valence-corrected chi connectivity index (χ3v) is 3.14. The molecule has 0 fully saturated rings. The van der Waals surface area contributed by atoms with Crippen LogP contribution >= 0.6 is 23.2 Å². The Hall–Kier alpha value is -1.90. The van der Waals surface area contributed by atoms with Gasteiger partial charge in [0.05, 0.1) is 17.1 Å². The third-order valence-electron chi connectivity index (χ3n) is 2.61. The molecule has 0 aliphatic heterocycles. The SMILES string of the molecule is N#Cc1cc2c(Cl)cc(Cl)cc2n1CCOC(N)=O. The van der Waals surface area contributed by atoms with Crippen molar-refractivity contribution in [1.29, 1.82) is 5.26 Å². The van der Waals surface area contributed by atoms with Gasteiger partial charge < -0.3 is 15.0 Å². The van der Waals surface area contributed by atoms with Crippen LogP contribution in [0.15, 0.2) is 18.2 Å². The fourth-order valence-corrected chi connectivity index (χ4v) is 2.39. The highest BCUT2D eigenvalue weighted by Crippen LogP contribution is 2.30. The maximum Gasteiger partial charge on any atom is 0.404 e. The van der Waals surface area contributed by atoms with Gasteiger partial charge in [-0.25, -0.2) is 4.79 Å². The molecule has 0 saturated heterocycles. The van der Waals surface area contributed by atoms with E-state index in [0.29, 0.717) is 27.8 Å². The summed E-state index contributed by atoms with van der Waals surface area (Å²) >= 11 is 12.0. The Bertz CT molecular complexity index is 688. The Balaban J connectivity index is 2.46. The molecular weight excluding hydrogens is 289 g/mol. The number of fused-ring (bicyclic) bond motifs is 1. The van der Waals surface area contributed by atoms with Crippen molar-refractivity contribution in [1.82, 2.24) is 4.57 Å². The highest BCUT2D eigenvalue weighted by Gasteiger charge is 2.12. The van der Waals surface area contributed by atoms with E-state index in [1.54, 1.807) is 22.8 Å². The van der Waals surface area contributed by atoms with Gasteiger partial charge in [0.25, 0.3) is 0 Å². The summed E-state index contributed by atoms with van der Waals surface area (Å²) < 4.78 is 6.34. The molecule has 19 heavy (non-hydrogen) atoms. The van der Waals surface area contributed by atoms with Crippen molar-refractivity contribution in [2.24, 2.45) is 5.73 Å². The first-order valence-corrected chi connectivity index (χ1v) is 6.09. The first-order valence-electron chi connectivity index (χ1n) is 5.33. The molecule has 0 saturated carbocycles. The average molecular weight is 298 g/mol. The van der Waals surface area contributed by atoms with Gasteiger partial charge in [0.1, 0.15) is 18.4 Å². The Kier molecular flexibility index (Phi) is 3.84. The molecular formula is C12H9Cl2N3O2. The van der Waals surface area contributed by atoms with Crippen molar-refractivity contribution < 1.29 is 9.53 Å². The lowest BCUT2D eigenvalue weighted by Crippen LogP contribution is -2.17. The summed E-state index contributed by atoms with van der Waals surface area (Å²) in [5.74, 6) is 0. The van der Waals surface area contributed by atoms with Crippen LogP contribution in [0.5, 0.6) is 0 Å². The summed E-state index contributed by atoms with van der Waals surface area (Å²) in [4.78, 5) is 10.5. The first-order chi connectivity index (χ1) is 9.02. The summed E-state index contributed by atoms with van der Waals surface area (Å²) in [6.45, 7) is 0.365. The molecule has 0 radical (unpaired) electrons. The predicted octanol–water partition coefficient (Wildman–Crippen LogP) is 2.92. The smallest absolute Gasteiger partial charge is 0.404 e. The van der Waals surface area contributed by atoms with Crippen LogP contribution in [0.4, 0.5) is 4.79 Å². The van der Waals surface area contributed by atoms with Crippen LogP contribution in [0.25, 0.3) is 10.9 Å². The Morgan fingerprint density at radius 1 is 1.42 bits per heavy atom. The number of carbonyl (C=O) groups excluding carboxylic acids is 1. The fourth-order valence-electron chi connectivity index (χ4n) is 1.85. The zero-order valence-electron chi connectivity index (χ0n) is 9.69. The van der Waals surface area contributed by atoms with Crippen LogP contribution in [-0.2, 0) is 11.3 Å². The van der Waals surface area contributed by atoms with Crippen molar-refractivity contribution >= 4 is 40.2 Å². The van der Waals surface area contributed by atoms with Crippen LogP contribution in [0.1, 0.15) is 5.69 Å². The summed E-state index contributed by atoms with van der Waals surface area (Å²) in [7, 11) is 0. The standard InChI is InChI=1S/C12H9Cl2N3O2/c13-7-3-10(14)9-5-8(6-15)17(11(9)4-7)1-2-19-12(16)18/h3-5H,1-2H2,(H2,16,18). The lowest BCUT2D eigenvalue weighted by Gasteiger charge is -2.07. The highest BCUT2D eigenvalue weighted by atomic mass is 35.5. The monoisotopic (exact) mass is 297 g/mol. The Morgan fingerprint density at radius 3 is 2.79 bits per heavy atom. The lowest BCUT2D eigenvalue weighted by atomic mass is 10.2. The second-order valence-electron chi connectivity index (χ2n) is 3.78. The second kappa shape index (κ2) is 5.39. The molecule has 0 aliphatic rings. The van der Waals surface area contributed by atoms with Gasteiger partial charge in [0, 0.05) is 10.4 Å². The fraction of sp³-hybridized carbons (Fsp3) is 0.167. The van der Waals surface area contributed by atoms with Crippen molar-refractivity contribution in [2.75, 3.05) is 6.61 Å². The quantitative estimate of drug-likeness (QED) is 0.945. The van der Waals surface area contributed by atoms with Crippen LogP contribution in [0, 0.1) is 11.3 Å². The van der Waals surface area contributed by atoms with Crippen LogP contribution in [-0.4, -0.2) is 17.3 Å². The van der Waals surface area contributed by atoms with Gasteiger partial charge in [-0.1, -0.05) is 23.2 Å². The molecule has 0 spiro atoms. The van der Waals surface area contributed by atoms with E-state index in [9.17, 15) is 4.79 Å². The number of nitriles is 1. The molecule has 2 rings (SSSR count). The number of hydrogen-bond donors (Lipinski definition) is 1. The maximum absolute atomic E-state index is 10.5. The van der Waals surface area contributed by atoms with Gasteiger partial charge in [-0.2, -0.15) is 5.26 Å². The molecule has 1 amide bonds. The molecule has 2 N–H and O–H groups in total. The number of primary amides is 1. The number of nitrogens with two attached hydrogens (primary N) is 1. The van der Waals surface area contributed by atoms with Crippen molar-refractivity contribution in [3.8, 4) is 6.07 Å². The molecule has 0 unspecified atom stereocenters. The van der Waals surface area contributed by atoms with Crippen LogP contribution in [0.2, 0.25) is 10.0 Å². The Labute approximate surface area is 119 Å². The second-order valence-corrected chi connectivity index (χ2v) is 4.62. The molecule has 1 heterocycles. The van der Waals surface area contributed by atoms with Gasteiger partial charge in [0.2, 0.25) is 0 Å². The van der Waals surface area contributed by atoms with E-state index in [-0.39, 0.29) is 6.61 Å². The predicted molar refractivity (Wildman–Crippen MR) is 72.2 cm³/mol. The lowest BCUT2D eigenvalue weighted by molar-refractivity contribution is 0.152. The van der Waals surface area contributed by atoms with Gasteiger partial charge in [-0.05, 0) is 18.2 Å². The van der Waals surface area contributed by atoms with Crippen LogP contribution < -0.4 is 5.73 Å². The van der Waals surface area contributed by atoms with Gasteiger partial charge in [-0.15, -0.1) is 0 Å². The Morgan fingerprint density at radius 2 is 2.16 bits per heavy atom. The van der Waals surface area contributed by atoms with E-state index in [4.69, 9.17) is 34.2 Å². The molecule has 0 atom stereocenters. The van der Waals surface area contributed by atoms with Gasteiger partial charge in [-0.3, -0.25) is 0 Å². The molecule has 2 aromatic rings. The minimum atomic E-state index is -0.856. The van der Waals surface area contributed by atoms with Crippen molar-refractivity contribution in [3.63, 3.8) is 0 Å². The number of halogens is 2. The molecule has 0 aliphatic carbocycles. The number of aromatic nitrogens is 1. The van der Waals surface area contributed by atoms with E-state index in [0.717, 1.165) is 5.39 Å². The number of rotatable bonds is 3. The number of nitrogens with zero attached hydrogens (tertiary/aromatic N) is 2. The van der Waals surface area contributed by atoms with Crippen LogP contribution in [0.3, 0.4) is 0 Å². The normalized spacial score (nSPS) is 10.4. The average Bonchev–Trinajstić information content (AvgIpc) is 2.67. The molecule has 0 bridgehead atoms. The zero-order chi connectivity index (χ0) is 14.0. The van der Waals surface area contributed by atoms with Crippen molar-refractivity contribution in [3.05, 3.63) is 33.9 Å². The molecule has 98 valence electrons. The molecule has 1 aromatic heterocycles. The minimum absolute atomic E-state index is 0.0674. The van der Waals surface area contributed by atoms with Gasteiger partial charge >= 0.3 is 6.09 Å². The molecule has 5 nitrogen and oxygen atoms in total. The first kappa shape index (κ1) is 13.5. The number of carbonyl (C=O) groups is 1. The number of hydrogen-bond acceptors (Lipinski definition) is 3. The van der Waals surface area contributed by atoms with E-state index in [1.807, 2.05) is 0 Å². The number of amides is 1. The zero-order valence-corrected chi connectivity index (χ0v) is 11.2. The van der Waals surface area contributed by atoms with E-state index in [2.05, 4.69) is 10.8 Å². The maximum atomic E-state index is 10.5. The summed E-state index contributed by atoms with van der Waals surface area (Å²) in [5, 5.41) is 10.8. The number of ether oxygens (including phenoxy) is 1. The summed E-state index contributed by atoms with van der Waals surface area (Å²) in [5.41, 5.74) is 6.01. The number of benzene rings is 1. The van der Waals surface area contributed by atoms with Crippen molar-refractivity contribution in [2.45, 2.75) is 6.54 Å². The van der Waals surface area contributed by atoms with Gasteiger partial charge in [0.15, 0.2) is 0 Å². The van der Waals surface area contributed by atoms with E-state index < -0.39 is 6.09 Å². The minimum Gasteiger partial charge on any atom is -0.448 e. The largest absolute Gasteiger partial charge is 0.448 e.